The fraction of sp³-hybridized carbons (Fsp3) is 0.176. The molecule has 0 spiro atoms. The highest BCUT2D eigenvalue weighted by Gasteiger charge is 2.20. The van der Waals surface area contributed by atoms with E-state index in [-0.39, 0.29) is 0 Å². The van der Waals surface area contributed by atoms with Crippen LogP contribution in [0.5, 0.6) is 0 Å². The molecule has 0 unspecified atom stereocenters. The Kier molecular flexibility index (Phi) is 3.22. The number of rotatable bonds is 2. The van der Waals surface area contributed by atoms with Crippen molar-refractivity contribution in [2.75, 3.05) is 11.4 Å². The van der Waals surface area contributed by atoms with Crippen molar-refractivity contribution in [3.05, 3.63) is 59.2 Å². The Labute approximate surface area is 118 Å². The van der Waals surface area contributed by atoms with Gasteiger partial charge in [0, 0.05) is 16.9 Å². The van der Waals surface area contributed by atoms with Crippen LogP contribution in [0.15, 0.2) is 42.5 Å². The van der Waals surface area contributed by atoms with Gasteiger partial charge in [-0.15, -0.1) is 0 Å². The summed E-state index contributed by atoms with van der Waals surface area (Å²) < 4.78 is 0. The Morgan fingerprint density at radius 2 is 1.85 bits per heavy atom. The molecule has 0 radical (unpaired) electrons. The summed E-state index contributed by atoms with van der Waals surface area (Å²) in [6.07, 6.45) is 2.68. The fourth-order valence-electron chi connectivity index (χ4n) is 2.77. The maximum absolute atomic E-state index is 10.9. The van der Waals surface area contributed by atoms with E-state index in [1.165, 1.54) is 5.56 Å². The largest absolute Gasteiger partial charge is 0.327 e. The zero-order valence-corrected chi connectivity index (χ0v) is 11.0. The molecule has 3 heteroatoms. The van der Waals surface area contributed by atoms with E-state index in [1.54, 1.807) is 0 Å². The van der Waals surface area contributed by atoms with Gasteiger partial charge in [0.2, 0.25) is 0 Å². The molecule has 0 bridgehead atoms. The molecule has 2 aromatic rings. The molecule has 1 aliphatic heterocycles. The zero-order chi connectivity index (χ0) is 13.9. The van der Waals surface area contributed by atoms with Gasteiger partial charge in [0.25, 0.3) is 0 Å². The Hall–Kier alpha value is -2.60. The summed E-state index contributed by atoms with van der Waals surface area (Å²) in [4.78, 5) is 13.0. The van der Waals surface area contributed by atoms with Gasteiger partial charge in [-0.05, 0) is 48.2 Å². The van der Waals surface area contributed by atoms with E-state index in [9.17, 15) is 4.79 Å². The normalized spacial score (nSPS) is 12.8. The lowest BCUT2D eigenvalue weighted by Gasteiger charge is -2.24. The van der Waals surface area contributed by atoms with Crippen LogP contribution in [-0.4, -0.2) is 12.8 Å². The van der Waals surface area contributed by atoms with Crippen molar-refractivity contribution in [2.45, 2.75) is 12.8 Å². The van der Waals surface area contributed by atoms with Gasteiger partial charge in [0.1, 0.15) is 12.8 Å². The third kappa shape index (κ3) is 2.06. The molecule has 0 N–H and O–H groups in total. The average Bonchev–Trinajstić information content (AvgIpc) is 2.65. The second kappa shape index (κ2) is 5.18. The van der Waals surface area contributed by atoms with Crippen LogP contribution in [0.2, 0.25) is 0 Å². The molecule has 1 aliphatic rings. The lowest BCUT2D eigenvalue weighted by Crippen LogP contribution is -2.18. The molecule has 0 fully saturated rings. The van der Waals surface area contributed by atoms with E-state index in [2.05, 4.69) is 18.2 Å². The molecule has 0 amide bonds. The SMILES string of the molecule is N#CCN1c2ccccc2CCc2cc(C=O)ccc21. The van der Waals surface area contributed by atoms with Gasteiger partial charge in [0.05, 0.1) is 6.07 Å². The van der Waals surface area contributed by atoms with Crippen LogP contribution < -0.4 is 4.90 Å². The third-order valence-corrected chi connectivity index (χ3v) is 3.71. The molecular formula is C17H14N2O. The fourth-order valence-corrected chi connectivity index (χ4v) is 2.77. The molecule has 0 atom stereocenters. The van der Waals surface area contributed by atoms with Crippen molar-refractivity contribution in [1.29, 1.82) is 5.26 Å². The van der Waals surface area contributed by atoms with Crippen LogP contribution in [0.25, 0.3) is 0 Å². The molecular weight excluding hydrogens is 248 g/mol. The van der Waals surface area contributed by atoms with E-state index < -0.39 is 0 Å². The highest BCUT2D eigenvalue weighted by atomic mass is 16.1. The number of para-hydroxylation sites is 1. The predicted molar refractivity (Wildman–Crippen MR) is 78.3 cm³/mol. The summed E-state index contributed by atoms with van der Waals surface area (Å²) >= 11 is 0. The molecule has 20 heavy (non-hydrogen) atoms. The number of hydrogen-bond acceptors (Lipinski definition) is 3. The first-order valence-electron chi connectivity index (χ1n) is 6.64. The van der Waals surface area contributed by atoms with E-state index in [4.69, 9.17) is 5.26 Å². The van der Waals surface area contributed by atoms with E-state index >= 15 is 0 Å². The first-order valence-corrected chi connectivity index (χ1v) is 6.64. The number of benzene rings is 2. The lowest BCUT2D eigenvalue weighted by molar-refractivity contribution is 0.112. The highest BCUT2D eigenvalue weighted by Crippen LogP contribution is 2.35. The molecule has 0 saturated heterocycles. The zero-order valence-electron chi connectivity index (χ0n) is 11.0. The van der Waals surface area contributed by atoms with Crippen molar-refractivity contribution >= 4 is 17.7 Å². The molecule has 0 aliphatic carbocycles. The number of nitrogens with zero attached hydrogens (tertiary/aromatic N) is 2. The molecule has 3 nitrogen and oxygen atoms in total. The van der Waals surface area contributed by atoms with Gasteiger partial charge < -0.3 is 4.90 Å². The number of fused-ring (bicyclic) bond motifs is 2. The van der Waals surface area contributed by atoms with Gasteiger partial charge >= 0.3 is 0 Å². The van der Waals surface area contributed by atoms with Crippen LogP contribution in [-0.2, 0) is 12.8 Å². The number of aldehydes is 1. The summed E-state index contributed by atoms with van der Waals surface area (Å²) in [5.41, 5.74) is 5.17. The monoisotopic (exact) mass is 262 g/mol. The Bertz CT molecular complexity index is 700. The maximum atomic E-state index is 10.9. The van der Waals surface area contributed by atoms with E-state index in [0.29, 0.717) is 12.1 Å². The van der Waals surface area contributed by atoms with Gasteiger partial charge in [-0.3, -0.25) is 4.79 Å². The highest BCUT2D eigenvalue weighted by molar-refractivity contribution is 5.79. The minimum absolute atomic E-state index is 0.310. The minimum Gasteiger partial charge on any atom is -0.327 e. The van der Waals surface area contributed by atoms with Crippen LogP contribution in [0.3, 0.4) is 0 Å². The second-order valence-electron chi connectivity index (χ2n) is 4.88. The molecule has 98 valence electrons. The smallest absolute Gasteiger partial charge is 0.150 e. The Balaban J connectivity index is 2.17. The van der Waals surface area contributed by atoms with Gasteiger partial charge in [-0.2, -0.15) is 5.26 Å². The number of nitriles is 1. The molecule has 0 saturated carbocycles. The number of anilines is 2. The topological polar surface area (TPSA) is 44.1 Å². The van der Waals surface area contributed by atoms with Crippen LogP contribution in [0.1, 0.15) is 21.5 Å². The second-order valence-corrected chi connectivity index (χ2v) is 4.88. The number of carbonyl (C=O) groups is 1. The first-order chi connectivity index (χ1) is 9.83. The van der Waals surface area contributed by atoms with E-state index in [1.807, 2.05) is 35.2 Å². The Morgan fingerprint density at radius 3 is 2.65 bits per heavy atom. The summed E-state index contributed by atoms with van der Waals surface area (Å²) in [6.45, 7) is 0.310. The van der Waals surface area contributed by atoms with Crippen molar-refractivity contribution in [3.8, 4) is 6.07 Å². The number of carbonyl (C=O) groups excluding carboxylic acids is 1. The molecule has 0 aromatic heterocycles. The van der Waals surface area contributed by atoms with Gasteiger partial charge in [-0.1, -0.05) is 18.2 Å². The molecule has 1 heterocycles. The van der Waals surface area contributed by atoms with Gasteiger partial charge in [0.15, 0.2) is 0 Å². The third-order valence-electron chi connectivity index (χ3n) is 3.71. The first kappa shape index (κ1) is 12.4. The summed E-state index contributed by atoms with van der Waals surface area (Å²) in [7, 11) is 0. The lowest BCUT2D eigenvalue weighted by atomic mass is 10.0. The van der Waals surface area contributed by atoms with Crippen LogP contribution in [0.4, 0.5) is 11.4 Å². The standard InChI is InChI=1S/C17H14N2O/c18-9-10-19-16-4-2-1-3-14(16)6-7-15-11-13(12-20)5-8-17(15)19/h1-5,8,11-12H,6-7,10H2. The molecule has 2 aromatic carbocycles. The molecule has 3 rings (SSSR count). The van der Waals surface area contributed by atoms with Crippen molar-refractivity contribution < 1.29 is 4.79 Å². The van der Waals surface area contributed by atoms with E-state index in [0.717, 1.165) is 36.1 Å². The number of aryl methyl sites for hydroxylation is 2. The minimum atomic E-state index is 0.310. The van der Waals surface area contributed by atoms with Crippen molar-refractivity contribution in [2.24, 2.45) is 0 Å². The van der Waals surface area contributed by atoms with Gasteiger partial charge in [-0.25, -0.2) is 0 Å². The summed E-state index contributed by atoms with van der Waals surface area (Å²) in [5.74, 6) is 0. The van der Waals surface area contributed by atoms with Crippen molar-refractivity contribution in [1.82, 2.24) is 0 Å². The maximum Gasteiger partial charge on any atom is 0.150 e. The van der Waals surface area contributed by atoms with Crippen LogP contribution in [0, 0.1) is 11.3 Å². The Morgan fingerprint density at radius 1 is 1.10 bits per heavy atom. The van der Waals surface area contributed by atoms with Crippen LogP contribution >= 0.6 is 0 Å². The summed E-state index contributed by atoms with van der Waals surface area (Å²) in [5, 5.41) is 9.11. The quantitative estimate of drug-likeness (QED) is 0.616. The average molecular weight is 262 g/mol. The van der Waals surface area contributed by atoms with Crippen molar-refractivity contribution in [3.63, 3.8) is 0 Å². The summed E-state index contributed by atoms with van der Waals surface area (Å²) in [6, 6.07) is 16.1. The number of hydrogen-bond donors (Lipinski definition) is 0. The predicted octanol–water partition coefficient (Wildman–Crippen LogP) is 3.26.